The molecule has 0 bridgehead atoms. The minimum Gasteiger partial charge on any atom is -0.369 e. The lowest BCUT2D eigenvalue weighted by Crippen LogP contribution is -2.49. The summed E-state index contributed by atoms with van der Waals surface area (Å²) >= 11 is 0. The van der Waals surface area contributed by atoms with Crippen molar-refractivity contribution >= 4 is 5.78 Å². The molecule has 102 valence electrons. The van der Waals surface area contributed by atoms with Crippen LogP contribution in [0.5, 0.6) is 0 Å². The highest BCUT2D eigenvalue weighted by Gasteiger charge is 2.61. The van der Waals surface area contributed by atoms with Crippen LogP contribution >= 0.6 is 0 Å². The van der Waals surface area contributed by atoms with Gasteiger partial charge in [0, 0.05) is 18.4 Å². The number of carbonyl (C=O) groups is 1. The van der Waals surface area contributed by atoms with Crippen LogP contribution in [0.25, 0.3) is 0 Å². The number of benzene rings is 1. The van der Waals surface area contributed by atoms with Crippen molar-refractivity contribution in [2.24, 2.45) is 11.8 Å². The summed E-state index contributed by atoms with van der Waals surface area (Å²) in [4.78, 5) is 12.4. The van der Waals surface area contributed by atoms with E-state index in [1.54, 1.807) is 0 Å². The lowest BCUT2D eigenvalue weighted by molar-refractivity contribution is -0.118. The highest BCUT2D eigenvalue weighted by atomic mass is 16.5. The number of Topliss-reactive ketones (excluding diaryl/α,β-unsaturated/α-hetero) is 1. The summed E-state index contributed by atoms with van der Waals surface area (Å²) in [6.07, 6.45) is 6.47. The number of carbonyl (C=O) groups excluding carboxylic acids is 1. The molecular formula is C18H18O2. The van der Waals surface area contributed by atoms with Crippen LogP contribution in [0, 0.1) is 11.8 Å². The molecule has 4 aliphatic rings. The number of hydrogen-bond acceptors (Lipinski definition) is 2. The van der Waals surface area contributed by atoms with Crippen LogP contribution in [0.2, 0.25) is 0 Å². The van der Waals surface area contributed by atoms with E-state index in [0.717, 1.165) is 37.9 Å². The molecule has 1 aliphatic heterocycles. The topological polar surface area (TPSA) is 26.3 Å². The van der Waals surface area contributed by atoms with Gasteiger partial charge in [0.25, 0.3) is 0 Å². The van der Waals surface area contributed by atoms with E-state index in [-0.39, 0.29) is 5.60 Å². The van der Waals surface area contributed by atoms with Crippen LogP contribution in [-0.2, 0) is 15.1 Å². The zero-order chi connectivity index (χ0) is 13.3. The Morgan fingerprint density at radius 3 is 2.90 bits per heavy atom. The second-order valence-electron chi connectivity index (χ2n) is 6.73. The van der Waals surface area contributed by atoms with Crippen LogP contribution in [0.3, 0.4) is 0 Å². The maximum Gasteiger partial charge on any atom is 0.161 e. The molecule has 1 aromatic rings. The Bertz CT molecular complexity index is 641. The van der Waals surface area contributed by atoms with Crippen LogP contribution in [0.1, 0.15) is 42.7 Å². The number of rotatable bonds is 2. The van der Waals surface area contributed by atoms with Crippen molar-refractivity contribution in [2.75, 3.05) is 6.61 Å². The van der Waals surface area contributed by atoms with Gasteiger partial charge in [-0.25, -0.2) is 0 Å². The smallest absolute Gasteiger partial charge is 0.161 e. The quantitative estimate of drug-likeness (QED) is 0.820. The van der Waals surface area contributed by atoms with Gasteiger partial charge in [0.15, 0.2) is 5.78 Å². The standard InChI is InChI=1S/C18H18O2/c19-17(11-5-6-11)12-9-13-7-8-20-18(13)15-4-2-1-3-14(15)16(18)10-12/h1-4,10-11,13,16H,5-9H2/t13-,16-,18-/m0/s1. The van der Waals surface area contributed by atoms with Crippen molar-refractivity contribution in [3.63, 3.8) is 0 Å². The Kier molecular flexibility index (Phi) is 2.04. The minimum absolute atomic E-state index is 0.0933. The summed E-state index contributed by atoms with van der Waals surface area (Å²) in [5, 5.41) is 0. The molecule has 3 aliphatic carbocycles. The Morgan fingerprint density at radius 1 is 1.20 bits per heavy atom. The maximum atomic E-state index is 12.4. The first-order chi connectivity index (χ1) is 9.80. The molecule has 0 aromatic heterocycles. The van der Waals surface area contributed by atoms with Gasteiger partial charge in [-0.05, 0) is 48.3 Å². The Labute approximate surface area is 118 Å². The molecule has 1 aromatic carbocycles. The summed E-state index contributed by atoms with van der Waals surface area (Å²) in [5.74, 6) is 1.59. The lowest BCUT2D eigenvalue weighted by atomic mass is 9.55. The zero-order valence-corrected chi connectivity index (χ0v) is 11.5. The molecule has 1 heterocycles. The number of ketones is 1. The van der Waals surface area contributed by atoms with Crippen molar-refractivity contribution in [2.45, 2.75) is 37.2 Å². The summed E-state index contributed by atoms with van der Waals surface area (Å²) < 4.78 is 6.22. The molecule has 1 saturated heterocycles. The van der Waals surface area contributed by atoms with Gasteiger partial charge in [-0.2, -0.15) is 0 Å². The Hall–Kier alpha value is -1.41. The van der Waals surface area contributed by atoms with Crippen LogP contribution in [0.4, 0.5) is 0 Å². The third-order valence-corrected chi connectivity index (χ3v) is 5.69. The van der Waals surface area contributed by atoms with E-state index in [9.17, 15) is 4.79 Å². The first kappa shape index (κ1) is 11.3. The number of hydrogen-bond donors (Lipinski definition) is 0. The van der Waals surface area contributed by atoms with Crippen LogP contribution < -0.4 is 0 Å². The van der Waals surface area contributed by atoms with E-state index < -0.39 is 0 Å². The molecule has 2 heteroatoms. The van der Waals surface area contributed by atoms with Gasteiger partial charge in [-0.1, -0.05) is 30.3 Å². The maximum absolute atomic E-state index is 12.4. The van der Waals surface area contributed by atoms with Gasteiger partial charge in [0.1, 0.15) is 5.60 Å². The van der Waals surface area contributed by atoms with E-state index in [2.05, 4.69) is 30.3 Å². The summed E-state index contributed by atoms with van der Waals surface area (Å²) in [6, 6.07) is 8.62. The zero-order valence-electron chi connectivity index (χ0n) is 11.5. The summed E-state index contributed by atoms with van der Waals surface area (Å²) in [6.45, 7) is 0.842. The molecule has 0 N–H and O–H groups in total. The SMILES string of the molecule is O=C(C1=C[C@H]2c3ccccc3[C@]23OCC[C@H]3C1)C1CC1. The van der Waals surface area contributed by atoms with E-state index in [0.29, 0.717) is 23.5 Å². The third kappa shape index (κ3) is 1.22. The van der Waals surface area contributed by atoms with Crippen molar-refractivity contribution in [1.29, 1.82) is 0 Å². The second kappa shape index (κ2) is 3.62. The first-order valence-corrected chi connectivity index (χ1v) is 7.79. The predicted molar refractivity (Wildman–Crippen MR) is 75.4 cm³/mol. The molecule has 0 unspecified atom stereocenters. The van der Waals surface area contributed by atoms with Gasteiger partial charge < -0.3 is 4.74 Å². The van der Waals surface area contributed by atoms with E-state index in [1.165, 1.54) is 11.1 Å². The van der Waals surface area contributed by atoms with Crippen molar-refractivity contribution in [3.05, 3.63) is 47.0 Å². The van der Waals surface area contributed by atoms with E-state index >= 15 is 0 Å². The Morgan fingerprint density at radius 2 is 2.05 bits per heavy atom. The van der Waals surface area contributed by atoms with Gasteiger partial charge in [0.2, 0.25) is 0 Å². The monoisotopic (exact) mass is 266 g/mol. The molecule has 0 amide bonds. The summed E-state index contributed by atoms with van der Waals surface area (Å²) in [5.41, 5.74) is 3.75. The fourth-order valence-corrected chi connectivity index (χ4v) is 4.58. The molecule has 1 spiro atoms. The third-order valence-electron chi connectivity index (χ3n) is 5.69. The van der Waals surface area contributed by atoms with E-state index in [1.807, 2.05) is 0 Å². The number of ether oxygens (including phenoxy) is 1. The van der Waals surface area contributed by atoms with Crippen molar-refractivity contribution < 1.29 is 9.53 Å². The lowest BCUT2D eigenvalue weighted by Gasteiger charge is -2.53. The van der Waals surface area contributed by atoms with E-state index in [4.69, 9.17) is 4.74 Å². The highest BCUT2D eigenvalue weighted by molar-refractivity contribution is 5.99. The van der Waals surface area contributed by atoms with Gasteiger partial charge in [-0.3, -0.25) is 4.79 Å². The minimum atomic E-state index is -0.0933. The highest BCUT2D eigenvalue weighted by Crippen LogP contribution is 2.64. The van der Waals surface area contributed by atoms with Crippen LogP contribution in [-0.4, -0.2) is 12.4 Å². The molecule has 20 heavy (non-hydrogen) atoms. The first-order valence-electron chi connectivity index (χ1n) is 7.79. The Balaban J connectivity index is 1.62. The molecule has 0 radical (unpaired) electrons. The van der Waals surface area contributed by atoms with Crippen molar-refractivity contribution in [3.8, 4) is 0 Å². The molecule has 3 atom stereocenters. The predicted octanol–water partition coefficient (Wildman–Crippen LogP) is 3.32. The largest absolute Gasteiger partial charge is 0.369 e. The molecular weight excluding hydrogens is 248 g/mol. The fourth-order valence-electron chi connectivity index (χ4n) is 4.58. The normalized spacial score (nSPS) is 37.3. The molecule has 2 fully saturated rings. The fraction of sp³-hybridized carbons (Fsp3) is 0.500. The van der Waals surface area contributed by atoms with Gasteiger partial charge >= 0.3 is 0 Å². The second-order valence-corrected chi connectivity index (χ2v) is 6.73. The number of fused-ring (bicyclic) bond motifs is 2. The molecule has 2 nitrogen and oxygen atoms in total. The molecule has 5 rings (SSSR count). The average Bonchev–Trinajstić information content (AvgIpc) is 3.22. The number of allylic oxidation sites excluding steroid dienone is 1. The molecule has 1 saturated carbocycles. The van der Waals surface area contributed by atoms with Crippen LogP contribution in [0.15, 0.2) is 35.9 Å². The van der Waals surface area contributed by atoms with Crippen molar-refractivity contribution in [1.82, 2.24) is 0 Å². The average molecular weight is 266 g/mol. The summed E-state index contributed by atoms with van der Waals surface area (Å²) in [7, 11) is 0. The van der Waals surface area contributed by atoms with Gasteiger partial charge in [0.05, 0.1) is 0 Å². The van der Waals surface area contributed by atoms with Gasteiger partial charge in [-0.15, -0.1) is 0 Å².